The van der Waals surface area contributed by atoms with Crippen LogP contribution in [0, 0.1) is 17.8 Å². The molecule has 3 aliphatic rings. The van der Waals surface area contributed by atoms with Crippen LogP contribution >= 0.6 is 0 Å². The number of hydrogen-bond donors (Lipinski definition) is 1. The first-order chi connectivity index (χ1) is 10.2. The van der Waals surface area contributed by atoms with Crippen LogP contribution < -0.4 is 5.32 Å². The molecular weight excluding hydrogens is 264 g/mol. The zero-order valence-corrected chi connectivity index (χ0v) is 12.9. The van der Waals surface area contributed by atoms with Gasteiger partial charge in [0.05, 0.1) is 11.8 Å². The average molecular weight is 290 g/mol. The lowest BCUT2D eigenvalue weighted by atomic mass is 9.70. The fraction of sp³-hybridized carbons (Fsp3) is 0.765. The quantitative estimate of drug-likeness (QED) is 0.792. The van der Waals surface area contributed by atoms with Crippen molar-refractivity contribution < 1.29 is 9.59 Å². The average Bonchev–Trinajstić information content (AvgIpc) is 2.55. The van der Waals surface area contributed by atoms with Crippen molar-refractivity contribution in [1.29, 1.82) is 0 Å². The van der Waals surface area contributed by atoms with Crippen LogP contribution in [0.3, 0.4) is 0 Å². The fourth-order valence-electron chi connectivity index (χ4n) is 4.40. The van der Waals surface area contributed by atoms with Crippen molar-refractivity contribution in [3.05, 3.63) is 12.2 Å². The summed E-state index contributed by atoms with van der Waals surface area (Å²) in [7, 11) is 1.67. The van der Waals surface area contributed by atoms with E-state index in [1.807, 2.05) is 0 Å². The molecule has 2 amide bonds. The number of likely N-dealkylation sites (tertiary alicyclic amines) is 1. The zero-order valence-electron chi connectivity index (χ0n) is 12.9. The van der Waals surface area contributed by atoms with Crippen LogP contribution in [0.4, 0.5) is 0 Å². The molecular formula is C17H26N2O2. The van der Waals surface area contributed by atoms with E-state index in [0.29, 0.717) is 12.5 Å². The van der Waals surface area contributed by atoms with E-state index in [0.717, 1.165) is 25.8 Å². The second kappa shape index (κ2) is 6.20. The highest BCUT2D eigenvalue weighted by molar-refractivity contribution is 5.89. The van der Waals surface area contributed by atoms with Crippen LogP contribution in [0.1, 0.15) is 44.9 Å². The highest BCUT2D eigenvalue weighted by Crippen LogP contribution is 2.39. The molecule has 4 nitrogen and oxygen atoms in total. The molecule has 0 aromatic heterocycles. The van der Waals surface area contributed by atoms with E-state index in [2.05, 4.69) is 22.4 Å². The minimum atomic E-state index is -0.177. The maximum absolute atomic E-state index is 13.0. The van der Waals surface area contributed by atoms with E-state index in [-0.39, 0.29) is 29.6 Å². The molecule has 1 heterocycles. The van der Waals surface area contributed by atoms with Crippen LogP contribution in [0.15, 0.2) is 12.2 Å². The molecule has 1 N–H and O–H groups in total. The Morgan fingerprint density at radius 2 is 2.00 bits per heavy atom. The molecule has 3 atom stereocenters. The third-order valence-electron chi connectivity index (χ3n) is 5.54. The molecule has 4 heteroatoms. The van der Waals surface area contributed by atoms with Gasteiger partial charge >= 0.3 is 0 Å². The standard InChI is InChI=1S/C17H26N2O2/c1-18-16(20)14-9-5-6-12-10-11-19(17(21)15(12)14)13-7-3-2-4-8-13/h5-6,12-15H,2-4,7-11H2,1H3,(H,18,20)/t12-,14-,15+/m0/s1. The number of nitrogens with one attached hydrogen (secondary N) is 1. The smallest absolute Gasteiger partial charge is 0.227 e. The molecule has 0 unspecified atom stereocenters. The molecule has 2 aliphatic carbocycles. The summed E-state index contributed by atoms with van der Waals surface area (Å²) in [5.41, 5.74) is 0. The van der Waals surface area contributed by atoms with E-state index < -0.39 is 0 Å². The lowest BCUT2D eigenvalue weighted by Gasteiger charge is -2.45. The molecule has 0 aromatic rings. The Hall–Kier alpha value is -1.32. The number of allylic oxidation sites excluding steroid dienone is 2. The summed E-state index contributed by atoms with van der Waals surface area (Å²) in [6.07, 6.45) is 12.0. The van der Waals surface area contributed by atoms with Gasteiger partial charge in [-0.1, -0.05) is 31.4 Å². The maximum Gasteiger partial charge on any atom is 0.227 e. The lowest BCUT2D eigenvalue weighted by molar-refractivity contribution is -0.150. The molecule has 0 spiro atoms. The van der Waals surface area contributed by atoms with Crippen molar-refractivity contribution in [2.24, 2.45) is 17.8 Å². The number of carbonyl (C=O) groups is 2. The highest BCUT2D eigenvalue weighted by Gasteiger charge is 2.45. The molecule has 3 rings (SSSR count). The first-order valence-electron chi connectivity index (χ1n) is 8.41. The Morgan fingerprint density at radius 3 is 2.71 bits per heavy atom. The van der Waals surface area contributed by atoms with Gasteiger partial charge in [0.25, 0.3) is 0 Å². The minimum Gasteiger partial charge on any atom is -0.359 e. The molecule has 1 saturated carbocycles. The van der Waals surface area contributed by atoms with Gasteiger partial charge in [-0.05, 0) is 31.6 Å². The Morgan fingerprint density at radius 1 is 1.24 bits per heavy atom. The Bertz CT molecular complexity index is 440. The summed E-state index contributed by atoms with van der Waals surface area (Å²) in [6.45, 7) is 0.871. The molecule has 0 aromatic carbocycles. The second-order valence-electron chi connectivity index (χ2n) is 6.69. The first kappa shape index (κ1) is 14.6. The van der Waals surface area contributed by atoms with E-state index in [1.54, 1.807) is 7.05 Å². The van der Waals surface area contributed by atoms with Crippen molar-refractivity contribution in [2.45, 2.75) is 51.0 Å². The predicted molar refractivity (Wildman–Crippen MR) is 81.5 cm³/mol. The van der Waals surface area contributed by atoms with E-state index in [4.69, 9.17) is 0 Å². The highest BCUT2D eigenvalue weighted by atomic mass is 16.2. The van der Waals surface area contributed by atoms with Crippen molar-refractivity contribution in [3.8, 4) is 0 Å². The van der Waals surface area contributed by atoms with Crippen molar-refractivity contribution in [1.82, 2.24) is 10.2 Å². The SMILES string of the molecule is CNC(=O)[C@H]1CC=C[C@H]2CCN(C3CCCCC3)C(=O)[C@@H]12. The summed E-state index contributed by atoms with van der Waals surface area (Å²) < 4.78 is 0. The molecule has 2 fully saturated rings. The fourth-order valence-corrected chi connectivity index (χ4v) is 4.40. The first-order valence-corrected chi connectivity index (χ1v) is 8.41. The molecule has 21 heavy (non-hydrogen) atoms. The van der Waals surface area contributed by atoms with Gasteiger partial charge in [-0.2, -0.15) is 0 Å². The molecule has 0 bridgehead atoms. The van der Waals surface area contributed by atoms with Crippen molar-refractivity contribution in [2.75, 3.05) is 13.6 Å². The lowest BCUT2D eigenvalue weighted by Crippen LogP contribution is -2.55. The second-order valence-corrected chi connectivity index (χ2v) is 6.69. The van der Waals surface area contributed by atoms with E-state index >= 15 is 0 Å². The van der Waals surface area contributed by atoms with Gasteiger partial charge in [-0.15, -0.1) is 0 Å². The van der Waals surface area contributed by atoms with Gasteiger partial charge < -0.3 is 10.2 Å². The topological polar surface area (TPSA) is 49.4 Å². The largest absolute Gasteiger partial charge is 0.359 e. The Labute approximate surface area is 127 Å². The maximum atomic E-state index is 13.0. The summed E-state index contributed by atoms with van der Waals surface area (Å²) in [6, 6.07) is 0.420. The van der Waals surface area contributed by atoms with Crippen LogP contribution in [0.2, 0.25) is 0 Å². The number of fused-ring (bicyclic) bond motifs is 1. The van der Waals surface area contributed by atoms with Crippen molar-refractivity contribution in [3.63, 3.8) is 0 Å². The van der Waals surface area contributed by atoms with Gasteiger partial charge in [0, 0.05) is 19.6 Å². The predicted octanol–water partition coefficient (Wildman–Crippen LogP) is 2.11. The molecule has 116 valence electrons. The van der Waals surface area contributed by atoms with E-state index in [1.165, 1.54) is 19.3 Å². The van der Waals surface area contributed by atoms with Crippen molar-refractivity contribution >= 4 is 11.8 Å². The number of hydrogen-bond acceptors (Lipinski definition) is 2. The normalized spacial score (nSPS) is 33.7. The molecule has 1 saturated heterocycles. The number of nitrogens with zero attached hydrogens (tertiary/aromatic N) is 1. The Balaban J connectivity index is 1.79. The Kier molecular flexibility index (Phi) is 4.32. The van der Waals surface area contributed by atoms with Gasteiger partial charge in [0.1, 0.15) is 0 Å². The number of carbonyl (C=O) groups excluding carboxylic acids is 2. The van der Waals surface area contributed by atoms with Crippen LogP contribution in [0.5, 0.6) is 0 Å². The third-order valence-corrected chi connectivity index (χ3v) is 5.54. The monoisotopic (exact) mass is 290 g/mol. The zero-order chi connectivity index (χ0) is 14.8. The van der Waals surface area contributed by atoms with Crippen LogP contribution in [0.25, 0.3) is 0 Å². The van der Waals surface area contributed by atoms with Gasteiger partial charge in [-0.3, -0.25) is 9.59 Å². The van der Waals surface area contributed by atoms with Crippen LogP contribution in [-0.2, 0) is 9.59 Å². The van der Waals surface area contributed by atoms with Crippen LogP contribution in [-0.4, -0.2) is 36.3 Å². The minimum absolute atomic E-state index is 0.0215. The summed E-state index contributed by atoms with van der Waals surface area (Å²) in [5, 5.41) is 2.74. The summed E-state index contributed by atoms with van der Waals surface area (Å²) in [5.74, 6) is 0.201. The molecule has 0 radical (unpaired) electrons. The third kappa shape index (κ3) is 2.72. The number of amides is 2. The summed E-state index contributed by atoms with van der Waals surface area (Å²) in [4.78, 5) is 27.2. The van der Waals surface area contributed by atoms with Gasteiger partial charge in [0.2, 0.25) is 11.8 Å². The summed E-state index contributed by atoms with van der Waals surface area (Å²) >= 11 is 0. The molecule has 1 aliphatic heterocycles. The van der Waals surface area contributed by atoms with E-state index in [9.17, 15) is 9.59 Å². The number of rotatable bonds is 2. The van der Waals surface area contributed by atoms with Gasteiger partial charge in [0.15, 0.2) is 0 Å². The number of piperidine rings is 1. The van der Waals surface area contributed by atoms with Gasteiger partial charge in [-0.25, -0.2) is 0 Å².